The number of anilines is 2. The lowest BCUT2D eigenvalue weighted by atomic mass is 10.2. The number of nitrogen functional groups attached to an aromatic ring is 1. The van der Waals surface area contributed by atoms with E-state index < -0.39 is 0 Å². The van der Waals surface area contributed by atoms with E-state index in [0.29, 0.717) is 37.1 Å². The SMILES string of the molecule is CC(C)OCC1CN(c2ncnc(-n3cccn3)c2N)CCO1. The number of rotatable bonds is 5. The summed E-state index contributed by atoms with van der Waals surface area (Å²) < 4.78 is 13.0. The molecule has 0 bridgehead atoms. The lowest BCUT2D eigenvalue weighted by molar-refractivity contribution is -0.0407. The molecule has 1 fully saturated rings. The number of ether oxygens (including phenoxy) is 2. The van der Waals surface area contributed by atoms with Crippen LogP contribution in [0.4, 0.5) is 11.5 Å². The molecule has 0 saturated carbocycles. The molecule has 0 spiro atoms. The molecule has 0 radical (unpaired) electrons. The molecule has 0 aromatic carbocycles. The molecule has 8 nitrogen and oxygen atoms in total. The lowest BCUT2D eigenvalue weighted by Crippen LogP contribution is -2.45. The zero-order valence-corrected chi connectivity index (χ0v) is 13.4. The highest BCUT2D eigenvalue weighted by Gasteiger charge is 2.24. The Morgan fingerprint density at radius 1 is 1.39 bits per heavy atom. The molecule has 1 aliphatic rings. The Morgan fingerprint density at radius 2 is 2.22 bits per heavy atom. The number of hydrogen-bond donors (Lipinski definition) is 1. The van der Waals surface area contributed by atoms with Gasteiger partial charge in [-0.3, -0.25) is 0 Å². The van der Waals surface area contributed by atoms with Crippen LogP contribution in [0.5, 0.6) is 0 Å². The Bertz CT molecular complexity index is 631. The third kappa shape index (κ3) is 3.59. The predicted molar refractivity (Wildman–Crippen MR) is 86.6 cm³/mol. The van der Waals surface area contributed by atoms with Gasteiger partial charge in [0.05, 0.1) is 25.4 Å². The summed E-state index contributed by atoms with van der Waals surface area (Å²) in [6.45, 7) is 6.63. The molecule has 3 heterocycles. The highest BCUT2D eigenvalue weighted by Crippen LogP contribution is 2.26. The molecule has 2 aromatic rings. The monoisotopic (exact) mass is 318 g/mol. The van der Waals surface area contributed by atoms with Gasteiger partial charge in [0.1, 0.15) is 12.0 Å². The van der Waals surface area contributed by atoms with E-state index in [4.69, 9.17) is 15.2 Å². The molecule has 1 atom stereocenters. The first-order valence-corrected chi connectivity index (χ1v) is 7.73. The molecule has 8 heteroatoms. The summed E-state index contributed by atoms with van der Waals surface area (Å²) in [5.74, 6) is 1.30. The summed E-state index contributed by atoms with van der Waals surface area (Å²) in [5, 5.41) is 4.18. The smallest absolute Gasteiger partial charge is 0.181 e. The fraction of sp³-hybridized carbons (Fsp3) is 0.533. The molecule has 124 valence electrons. The highest BCUT2D eigenvalue weighted by molar-refractivity contribution is 5.70. The summed E-state index contributed by atoms with van der Waals surface area (Å²) >= 11 is 0. The van der Waals surface area contributed by atoms with E-state index in [2.05, 4.69) is 20.0 Å². The summed E-state index contributed by atoms with van der Waals surface area (Å²) in [6.07, 6.45) is 5.20. The quantitative estimate of drug-likeness (QED) is 0.874. The van der Waals surface area contributed by atoms with E-state index in [9.17, 15) is 0 Å². The molecule has 2 N–H and O–H groups in total. The van der Waals surface area contributed by atoms with E-state index in [1.54, 1.807) is 17.1 Å². The second-order valence-electron chi connectivity index (χ2n) is 5.71. The van der Waals surface area contributed by atoms with Crippen molar-refractivity contribution in [3.63, 3.8) is 0 Å². The predicted octanol–water partition coefficient (Wildman–Crippen LogP) is 0.875. The summed E-state index contributed by atoms with van der Waals surface area (Å²) in [5.41, 5.74) is 6.79. The van der Waals surface area contributed by atoms with Gasteiger partial charge in [0.2, 0.25) is 0 Å². The molecule has 2 aromatic heterocycles. The Balaban J connectivity index is 1.77. The standard InChI is InChI=1S/C15H22N6O2/c1-11(2)23-9-12-8-20(6-7-22-12)14-13(16)15(18-10-17-14)21-5-3-4-19-21/h3-5,10-12H,6-9,16H2,1-2H3. The van der Waals surface area contributed by atoms with Crippen molar-refractivity contribution in [1.29, 1.82) is 0 Å². The molecule has 23 heavy (non-hydrogen) atoms. The average molecular weight is 318 g/mol. The minimum atomic E-state index is 0.00803. The number of nitrogens with zero attached hydrogens (tertiary/aromatic N) is 5. The van der Waals surface area contributed by atoms with Gasteiger partial charge in [0.25, 0.3) is 0 Å². The van der Waals surface area contributed by atoms with Crippen molar-refractivity contribution >= 4 is 11.5 Å². The number of aromatic nitrogens is 4. The van der Waals surface area contributed by atoms with E-state index in [1.165, 1.54) is 6.33 Å². The Kier molecular flexibility index (Phi) is 4.73. The van der Waals surface area contributed by atoms with Crippen LogP contribution in [0.15, 0.2) is 24.8 Å². The van der Waals surface area contributed by atoms with Gasteiger partial charge in [-0.05, 0) is 19.9 Å². The van der Waals surface area contributed by atoms with Crippen LogP contribution < -0.4 is 10.6 Å². The minimum Gasteiger partial charge on any atom is -0.393 e. The third-order valence-electron chi connectivity index (χ3n) is 3.62. The van der Waals surface area contributed by atoms with Crippen LogP contribution in [-0.2, 0) is 9.47 Å². The fourth-order valence-corrected chi connectivity index (χ4v) is 2.52. The zero-order valence-electron chi connectivity index (χ0n) is 13.4. The van der Waals surface area contributed by atoms with Crippen LogP contribution in [0.2, 0.25) is 0 Å². The molecule has 1 aliphatic heterocycles. The number of nitrogens with two attached hydrogens (primary N) is 1. The van der Waals surface area contributed by atoms with Crippen molar-refractivity contribution in [3.8, 4) is 5.82 Å². The molecule has 1 unspecified atom stereocenters. The van der Waals surface area contributed by atoms with E-state index in [1.807, 2.05) is 19.9 Å². The largest absolute Gasteiger partial charge is 0.393 e. The third-order valence-corrected chi connectivity index (χ3v) is 3.62. The molecular weight excluding hydrogens is 296 g/mol. The maximum Gasteiger partial charge on any atom is 0.181 e. The topological polar surface area (TPSA) is 91.3 Å². The Hall–Kier alpha value is -2.19. The Labute approximate surface area is 135 Å². The van der Waals surface area contributed by atoms with Gasteiger partial charge in [0.15, 0.2) is 11.6 Å². The van der Waals surface area contributed by atoms with Crippen molar-refractivity contribution in [2.24, 2.45) is 0 Å². The summed E-state index contributed by atoms with van der Waals surface area (Å²) in [7, 11) is 0. The van der Waals surface area contributed by atoms with Crippen molar-refractivity contribution in [1.82, 2.24) is 19.7 Å². The number of morpholine rings is 1. The lowest BCUT2D eigenvalue weighted by Gasteiger charge is -2.34. The van der Waals surface area contributed by atoms with Crippen molar-refractivity contribution in [2.75, 3.05) is 36.9 Å². The van der Waals surface area contributed by atoms with Crippen molar-refractivity contribution < 1.29 is 9.47 Å². The van der Waals surface area contributed by atoms with E-state index >= 15 is 0 Å². The van der Waals surface area contributed by atoms with Crippen LogP contribution in [0.25, 0.3) is 5.82 Å². The second-order valence-corrected chi connectivity index (χ2v) is 5.71. The Morgan fingerprint density at radius 3 is 2.96 bits per heavy atom. The van der Waals surface area contributed by atoms with Crippen LogP contribution >= 0.6 is 0 Å². The molecule has 3 rings (SSSR count). The normalized spacial score (nSPS) is 18.6. The first-order valence-electron chi connectivity index (χ1n) is 7.73. The number of hydrogen-bond acceptors (Lipinski definition) is 7. The van der Waals surface area contributed by atoms with Gasteiger partial charge in [0, 0.05) is 25.5 Å². The first kappa shape index (κ1) is 15.7. The van der Waals surface area contributed by atoms with Crippen LogP contribution in [0.1, 0.15) is 13.8 Å². The maximum atomic E-state index is 6.27. The van der Waals surface area contributed by atoms with Crippen molar-refractivity contribution in [3.05, 3.63) is 24.8 Å². The summed E-state index contributed by atoms with van der Waals surface area (Å²) in [4.78, 5) is 10.7. The van der Waals surface area contributed by atoms with Crippen LogP contribution in [-0.4, -0.2) is 58.3 Å². The van der Waals surface area contributed by atoms with Crippen molar-refractivity contribution in [2.45, 2.75) is 26.1 Å². The molecular formula is C15H22N6O2. The maximum absolute atomic E-state index is 6.27. The molecule has 0 amide bonds. The van der Waals surface area contributed by atoms with Crippen LogP contribution in [0, 0.1) is 0 Å². The van der Waals surface area contributed by atoms with Gasteiger partial charge in [-0.1, -0.05) is 0 Å². The summed E-state index contributed by atoms with van der Waals surface area (Å²) in [6, 6.07) is 1.83. The highest BCUT2D eigenvalue weighted by atomic mass is 16.5. The van der Waals surface area contributed by atoms with Gasteiger partial charge in [-0.15, -0.1) is 0 Å². The first-order chi connectivity index (χ1) is 11.1. The van der Waals surface area contributed by atoms with Gasteiger partial charge >= 0.3 is 0 Å². The second kappa shape index (κ2) is 6.93. The fourth-order valence-electron chi connectivity index (χ4n) is 2.52. The van der Waals surface area contributed by atoms with Gasteiger partial charge in [-0.2, -0.15) is 5.10 Å². The van der Waals surface area contributed by atoms with E-state index in [-0.39, 0.29) is 12.2 Å². The molecule has 1 saturated heterocycles. The van der Waals surface area contributed by atoms with Gasteiger partial charge < -0.3 is 20.1 Å². The van der Waals surface area contributed by atoms with E-state index in [0.717, 1.165) is 6.54 Å². The van der Waals surface area contributed by atoms with Gasteiger partial charge in [-0.25, -0.2) is 14.6 Å². The molecule has 0 aliphatic carbocycles. The zero-order chi connectivity index (χ0) is 16.2. The minimum absolute atomic E-state index is 0.00803. The van der Waals surface area contributed by atoms with Crippen LogP contribution in [0.3, 0.4) is 0 Å². The average Bonchev–Trinajstić information content (AvgIpc) is 3.07.